The van der Waals surface area contributed by atoms with E-state index >= 15 is 0 Å². The van der Waals surface area contributed by atoms with Crippen molar-refractivity contribution in [3.63, 3.8) is 0 Å². The molecule has 0 aromatic heterocycles. The number of hydrogen-bond donors (Lipinski definition) is 1. The van der Waals surface area contributed by atoms with Gasteiger partial charge in [0.25, 0.3) is 5.91 Å². The van der Waals surface area contributed by atoms with E-state index < -0.39 is 30.3 Å². The Morgan fingerprint density at radius 3 is 2.27 bits per heavy atom. The molecule has 1 N–H and O–H groups in total. The van der Waals surface area contributed by atoms with Crippen molar-refractivity contribution in [3.8, 4) is 0 Å². The van der Waals surface area contributed by atoms with E-state index in [2.05, 4.69) is 0 Å². The van der Waals surface area contributed by atoms with Crippen molar-refractivity contribution in [1.82, 2.24) is 15.3 Å². The average molecular weight is 469 g/mol. The van der Waals surface area contributed by atoms with Crippen molar-refractivity contribution < 1.29 is 37.1 Å². The van der Waals surface area contributed by atoms with Gasteiger partial charge >= 0.3 is 12.5 Å². The minimum absolute atomic E-state index is 0.0427. The molecule has 10 nitrogen and oxygen atoms in total. The number of halogens is 3. The number of cyclic esters (lactones) is 1. The monoisotopic (exact) mass is 469 g/mol. The zero-order valence-corrected chi connectivity index (χ0v) is 17.5. The number of alkyl halides is 2. The Morgan fingerprint density at radius 1 is 1.06 bits per heavy atom. The Balaban J connectivity index is 1.42. The van der Waals surface area contributed by atoms with Crippen LogP contribution in [0.15, 0.2) is 18.2 Å². The molecule has 0 spiro atoms. The number of rotatable bonds is 5. The Kier molecular flexibility index (Phi) is 6.29. The number of fused-ring (bicyclic) bond motifs is 1. The van der Waals surface area contributed by atoms with Gasteiger partial charge in [-0.15, -0.1) is 0 Å². The summed E-state index contributed by atoms with van der Waals surface area (Å²) < 4.78 is 44.6. The van der Waals surface area contributed by atoms with E-state index in [1.807, 2.05) is 5.32 Å². The number of nitrogens with one attached hydrogen (secondary N) is 1. The number of carbonyl (C=O) groups is 4. The second-order valence-electron chi connectivity index (χ2n) is 7.82. The molecule has 1 aromatic carbocycles. The van der Waals surface area contributed by atoms with E-state index in [1.165, 1.54) is 22.2 Å². The Bertz CT molecular complexity index is 951. The maximum Gasteiger partial charge on any atom is 0.414 e. The first kappa shape index (κ1) is 22.7. The lowest BCUT2D eigenvalue weighted by Gasteiger charge is -2.36. The van der Waals surface area contributed by atoms with Gasteiger partial charge in [-0.1, -0.05) is 0 Å². The lowest BCUT2D eigenvalue weighted by molar-refractivity contribution is -0.169. The first-order chi connectivity index (χ1) is 15.7. The number of nitrogens with zero attached hydrogens (tertiary/aromatic N) is 4. The molecule has 178 valence electrons. The summed E-state index contributed by atoms with van der Waals surface area (Å²) in [5.41, 5.74) is 0.471. The maximum atomic E-state index is 15.0. The molecule has 1 atom stereocenters. The first-order valence-corrected chi connectivity index (χ1v) is 10.4. The number of amides is 4. The highest BCUT2D eigenvalue weighted by Gasteiger charge is 2.35. The third-order valence-corrected chi connectivity index (χ3v) is 5.74. The van der Waals surface area contributed by atoms with Gasteiger partial charge in [0.2, 0.25) is 11.8 Å². The van der Waals surface area contributed by atoms with Crippen LogP contribution in [0.3, 0.4) is 0 Å². The Morgan fingerprint density at radius 2 is 1.70 bits per heavy atom. The number of carbonyl (C=O) groups excluding carboxylic acids is 4. The fourth-order valence-electron chi connectivity index (χ4n) is 4.07. The summed E-state index contributed by atoms with van der Waals surface area (Å²) in [4.78, 5) is 50.3. The highest BCUT2D eigenvalue weighted by atomic mass is 19.3. The minimum Gasteiger partial charge on any atom is -0.442 e. The number of anilines is 2. The van der Waals surface area contributed by atoms with Crippen molar-refractivity contribution in [2.75, 3.05) is 49.1 Å². The fourth-order valence-corrected chi connectivity index (χ4v) is 4.07. The highest BCUT2D eigenvalue weighted by molar-refractivity contribution is 5.90. The van der Waals surface area contributed by atoms with Crippen molar-refractivity contribution in [2.24, 2.45) is 0 Å². The van der Waals surface area contributed by atoms with Crippen LogP contribution in [0, 0.1) is 5.82 Å². The van der Waals surface area contributed by atoms with Gasteiger partial charge in [0.05, 0.1) is 37.6 Å². The summed E-state index contributed by atoms with van der Waals surface area (Å²) in [6.45, 7) is 0.808. The SMILES string of the molecule is O=C(NCC1CN(c2ccc(N3CCN4C(=O)CCC(=O)N4CC3)c(F)c2)C(=O)O1)C(F)F. The van der Waals surface area contributed by atoms with Gasteiger partial charge in [0.15, 0.2) is 0 Å². The summed E-state index contributed by atoms with van der Waals surface area (Å²) >= 11 is 0. The van der Waals surface area contributed by atoms with Gasteiger partial charge in [-0.3, -0.25) is 19.3 Å². The molecule has 3 heterocycles. The molecule has 1 aromatic rings. The van der Waals surface area contributed by atoms with Crippen LogP contribution in [0.25, 0.3) is 0 Å². The van der Waals surface area contributed by atoms with E-state index in [0.717, 1.165) is 11.0 Å². The van der Waals surface area contributed by atoms with Crippen LogP contribution in [-0.2, 0) is 19.1 Å². The predicted molar refractivity (Wildman–Crippen MR) is 108 cm³/mol. The zero-order chi connectivity index (χ0) is 23.7. The zero-order valence-electron chi connectivity index (χ0n) is 17.5. The molecule has 33 heavy (non-hydrogen) atoms. The standard InChI is InChI=1S/C20H22F3N5O5/c21-14-9-12(26-11-13(33-20(26)32)10-24-19(31)18(22)23)1-2-15(14)25-5-7-27-16(29)3-4-17(30)28(27)8-6-25/h1-2,9,13,18H,3-8,10-11H2,(H,24,31). The molecule has 4 rings (SSSR count). The summed E-state index contributed by atoms with van der Waals surface area (Å²) in [5.74, 6) is -2.35. The second-order valence-corrected chi connectivity index (χ2v) is 7.82. The molecule has 13 heteroatoms. The molecule has 3 fully saturated rings. The number of hydrazine groups is 1. The minimum atomic E-state index is -3.17. The molecule has 3 aliphatic heterocycles. The van der Waals surface area contributed by atoms with E-state index in [-0.39, 0.29) is 62.2 Å². The smallest absolute Gasteiger partial charge is 0.414 e. The molecule has 3 saturated heterocycles. The summed E-state index contributed by atoms with van der Waals surface area (Å²) in [6, 6.07) is 4.17. The molecule has 0 bridgehead atoms. The maximum absolute atomic E-state index is 15.0. The van der Waals surface area contributed by atoms with Gasteiger partial charge in [0, 0.05) is 25.9 Å². The highest BCUT2D eigenvalue weighted by Crippen LogP contribution is 2.29. The number of ether oxygens (including phenoxy) is 1. The molecule has 0 radical (unpaired) electrons. The van der Waals surface area contributed by atoms with Crippen LogP contribution in [-0.4, -0.2) is 85.6 Å². The normalized spacial score (nSPS) is 21.3. The quantitative estimate of drug-likeness (QED) is 0.682. The van der Waals surface area contributed by atoms with Crippen LogP contribution in [0.1, 0.15) is 12.8 Å². The van der Waals surface area contributed by atoms with Crippen molar-refractivity contribution >= 4 is 35.2 Å². The Labute approximate surface area is 186 Å². The van der Waals surface area contributed by atoms with Gasteiger partial charge in [-0.2, -0.15) is 8.78 Å². The summed E-state index contributed by atoms with van der Waals surface area (Å²) in [6.07, 6.45) is -4.48. The molecule has 4 amide bonds. The third kappa shape index (κ3) is 4.66. The van der Waals surface area contributed by atoms with Gasteiger partial charge < -0.3 is 15.0 Å². The fraction of sp³-hybridized carbons (Fsp3) is 0.500. The lowest BCUT2D eigenvalue weighted by Crippen LogP contribution is -2.53. The topological polar surface area (TPSA) is 103 Å². The van der Waals surface area contributed by atoms with Crippen molar-refractivity contribution in [3.05, 3.63) is 24.0 Å². The molecule has 1 unspecified atom stereocenters. The second kappa shape index (κ2) is 9.16. The lowest BCUT2D eigenvalue weighted by atomic mass is 10.2. The predicted octanol–water partition coefficient (Wildman–Crippen LogP) is 0.718. The summed E-state index contributed by atoms with van der Waals surface area (Å²) in [7, 11) is 0. The van der Waals surface area contributed by atoms with Crippen LogP contribution < -0.4 is 15.1 Å². The van der Waals surface area contributed by atoms with Crippen LogP contribution in [0.5, 0.6) is 0 Å². The number of hydrogen-bond acceptors (Lipinski definition) is 6. The van der Waals surface area contributed by atoms with Crippen LogP contribution in [0.2, 0.25) is 0 Å². The van der Waals surface area contributed by atoms with E-state index in [1.54, 1.807) is 4.90 Å². The van der Waals surface area contributed by atoms with Crippen LogP contribution >= 0.6 is 0 Å². The van der Waals surface area contributed by atoms with Gasteiger partial charge in [0.1, 0.15) is 11.9 Å². The van der Waals surface area contributed by atoms with E-state index in [4.69, 9.17) is 4.74 Å². The number of benzene rings is 1. The average Bonchev–Trinajstić information content (AvgIpc) is 3.00. The summed E-state index contributed by atoms with van der Waals surface area (Å²) in [5, 5.41) is 4.80. The van der Waals surface area contributed by atoms with Crippen molar-refractivity contribution in [2.45, 2.75) is 25.4 Å². The first-order valence-electron chi connectivity index (χ1n) is 10.4. The third-order valence-electron chi connectivity index (χ3n) is 5.74. The molecule has 0 saturated carbocycles. The molecule has 3 aliphatic rings. The van der Waals surface area contributed by atoms with Gasteiger partial charge in [-0.05, 0) is 18.2 Å². The van der Waals surface area contributed by atoms with E-state index in [9.17, 15) is 32.3 Å². The molecular weight excluding hydrogens is 447 g/mol. The molecule has 0 aliphatic carbocycles. The molecular formula is C20H22F3N5O5. The Hall–Kier alpha value is -3.51. The van der Waals surface area contributed by atoms with Crippen LogP contribution in [0.4, 0.5) is 29.3 Å². The van der Waals surface area contributed by atoms with E-state index in [0.29, 0.717) is 13.1 Å². The van der Waals surface area contributed by atoms with Crippen molar-refractivity contribution in [1.29, 1.82) is 0 Å². The van der Waals surface area contributed by atoms with Gasteiger partial charge in [-0.25, -0.2) is 19.2 Å². The largest absolute Gasteiger partial charge is 0.442 e.